The van der Waals surface area contributed by atoms with Crippen molar-refractivity contribution in [1.82, 2.24) is 0 Å². The molecule has 0 bridgehead atoms. The Hall–Kier alpha value is -1.88. The summed E-state index contributed by atoms with van der Waals surface area (Å²) in [5.41, 5.74) is 1.54. The van der Waals surface area contributed by atoms with E-state index in [0.717, 1.165) is 88.5 Å². The Labute approximate surface area is 347 Å². The molecule has 0 amide bonds. The SMILES string of the molecule is C[C@H](CCC(=O)O)[C@H]1CC[C@H]2[C@@H]3/C(=N/N=C4\C[C@@H]5C[C@H](O)CC[C@]5(C)[C@H]5C[C@H](O)[C@]6(C)[C@@H]([C@H](C)CCC(=O)O)CC[C@H]6[C@H]45)C[C@@H]4C[C@H](O)CC[C@]4(C)[C@H]3C[C@H](O)[C@]12C. The second-order valence-electron chi connectivity index (χ2n) is 22.8. The highest BCUT2D eigenvalue weighted by Crippen LogP contribution is 2.70. The molecule has 10 heteroatoms. The number of nitrogens with zero attached hydrogens (tertiary/aromatic N) is 2. The third-order valence-electron chi connectivity index (χ3n) is 20.6. The zero-order valence-electron chi connectivity index (χ0n) is 36.4. The van der Waals surface area contributed by atoms with Gasteiger partial charge < -0.3 is 30.6 Å². The second-order valence-corrected chi connectivity index (χ2v) is 22.8. The molecule has 0 radical (unpaired) electrons. The van der Waals surface area contributed by atoms with Gasteiger partial charge in [-0.2, -0.15) is 10.2 Å². The van der Waals surface area contributed by atoms with E-state index >= 15 is 0 Å². The van der Waals surface area contributed by atoms with Crippen LogP contribution in [0.3, 0.4) is 0 Å². The number of hydrogen-bond acceptors (Lipinski definition) is 8. The fourth-order valence-electron chi connectivity index (χ4n) is 17.2. The van der Waals surface area contributed by atoms with E-state index in [1.54, 1.807) is 0 Å². The fraction of sp³-hybridized carbons (Fsp3) is 0.917. The van der Waals surface area contributed by atoms with Crippen molar-refractivity contribution >= 4 is 23.4 Å². The summed E-state index contributed by atoms with van der Waals surface area (Å²) in [5, 5.41) is 76.7. The molecule has 8 rings (SSSR count). The van der Waals surface area contributed by atoms with E-state index in [1.165, 1.54) is 0 Å². The maximum absolute atomic E-state index is 12.3. The Kier molecular flexibility index (Phi) is 11.4. The minimum atomic E-state index is -0.767. The molecule has 8 fully saturated rings. The lowest BCUT2D eigenvalue weighted by Gasteiger charge is -2.62. The van der Waals surface area contributed by atoms with Crippen molar-refractivity contribution < 1.29 is 40.2 Å². The zero-order chi connectivity index (χ0) is 41.7. The first-order valence-electron chi connectivity index (χ1n) is 23.6. The predicted molar refractivity (Wildman–Crippen MR) is 223 cm³/mol. The molecule has 0 spiro atoms. The number of aliphatic hydroxyl groups excluding tert-OH is 4. The van der Waals surface area contributed by atoms with E-state index in [4.69, 9.17) is 10.2 Å². The first-order chi connectivity index (χ1) is 27.3. The van der Waals surface area contributed by atoms with Crippen LogP contribution in [0.5, 0.6) is 0 Å². The number of aliphatic hydroxyl groups is 4. The number of rotatable bonds is 9. The largest absolute Gasteiger partial charge is 0.481 e. The van der Waals surface area contributed by atoms with Crippen molar-refractivity contribution in [3.63, 3.8) is 0 Å². The van der Waals surface area contributed by atoms with Gasteiger partial charge in [0.25, 0.3) is 0 Å². The summed E-state index contributed by atoms with van der Waals surface area (Å²) >= 11 is 0. The summed E-state index contributed by atoms with van der Waals surface area (Å²) in [5.74, 6) is 1.03. The Bertz CT molecular complexity index is 1530. The smallest absolute Gasteiger partial charge is 0.303 e. The predicted octanol–water partition coefficient (Wildman–Crippen LogP) is 7.99. The molecule has 0 aromatic carbocycles. The molecular weight excluding hydrogens is 733 g/mol. The molecule has 20 atom stereocenters. The van der Waals surface area contributed by atoms with Crippen molar-refractivity contribution in [2.24, 2.45) is 103 Å². The average molecular weight is 809 g/mol. The highest BCUT2D eigenvalue weighted by molar-refractivity contribution is 5.92. The summed E-state index contributed by atoms with van der Waals surface area (Å²) in [6.07, 6.45) is 11.7. The van der Waals surface area contributed by atoms with Crippen LogP contribution in [-0.2, 0) is 9.59 Å². The van der Waals surface area contributed by atoms with Gasteiger partial charge in [0.2, 0.25) is 0 Å². The maximum Gasteiger partial charge on any atom is 0.303 e. The van der Waals surface area contributed by atoms with E-state index in [2.05, 4.69) is 41.5 Å². The summed E-state index contributed by atoms with van der Waals surface area (Å²) in [7, 11) is 0. The Morgan fingerprint density at radius 1 is 0.586 bits per heavy atom. The lowest BCUT2D eigenvalue weighted by atomic mass is 9.43. The van der Waals surface area contributed by atoms with Crippen LogP contribution in [-0.4, -0.2) is 78.4 Å². The van der Waals surface area contributed by atoms with Gasteiger partial charge in [0, 0.05) is 46.9 Å². The van der Waals surface area contributed by atoms with Gasteiger partial charge in [-0.05, 0) is 173 Å². The number of carboxylic acids is 2. The summed E-state index contributed by atoms with van der Waals surface area (Å²) in [6, 6.07) is 0. The molecule has 0 saturated heterocycles. The Morgan fingerprint density at radius 3 is 1.33 bits per heavy atom. The highest BCUT2D eigenvalue weighted by Gasteiger charge is 2.67. The Balaban J connectivity index is 1.19. The van der Waals surface area contributed by atoms with Crippen LogP contribution in [0.4, 0.5) is 0 Å². The van der Waals surface area contributed by atoms with Gasteiger partial charge >= 0.3 is 11.9 Å². The van der Waals surface area contributed by atoms with Gasteiger partial charge in [0.05, 0.1) is 24.4 Å². The van der Waals surface area contributed by atoms with E-state index in [1.807, 2.05) is 0 Å². The van der Waals surface area contributed by atoms with Crippen LogP contribution in [0, 0.1) is 92.7 Å². The number of fused-ring (bicyclic) bond motifs is 10. The van der Waals surface area contributed by atoms with Crippen molar-refractivity contribution in [3.05, 3.63) is 0 Å². The monoisotopic (exact) mass is 809 g/mol. The van der Waals surface area contributed by atoms with Gasteiger partial charge in [-0.1, -0.05) is 41.5 Å². The van der Waals surface area contributed by atoms with Crippen molar-refractivity contribution in [1.29, 1.82) is 0 Å². The molecule has 8 aliphatic carbocycles. The summed E-state index contributed by atoms with van der Waals surface area (Å²) in [4.78, 5) is 23.2. The molecule has 10 nitrogen and oxygen atoms in total. The van der Waals surface area contributed by atoms with Gasteiger partial charge in [-0.15, -0.1) is 0 Å². The third-order valence-corrected chi connectivity index (χ3v) is 20.6. The molecule has 8 aliphatic rings. The Morgan fingerprint density at radius 2 is 0.966 bits per heavy atom. The average Bonchev–Trinajstić information content (AvgIpc) is 3.72. The van der Waals surface area contributed by atoms with Gasteiger partial charge in [0.15, 0.2) is 0 Å². The van der Waals surface area contributed by atoms with Crippen LogP contribution >= 0.6 is 0 Å². The van der Waals surface area contributed by atoms with E-state index in [-0.39, 0.29) is 118 Å². The quantitative estimate of drug-likeness (QED) is 0.127. The molecule has 8 saturated carbocycles. The van der Waals surface area contributed by atoms with Gasteiger partial charge in [-0.3, -0.25) is 9.59 Å². The van der Waals surface area contributed by atoms with E-state index in [0.29, 0.717) is 25.7 Å². The van der Waals surface area contributed by atoms with Crippen LogP contribution in [0.25, 0.3) is 0 Å². The maximum atomic E-state index is 12.3. The minimum absolute atomic E-state index is 0.0150. The topological polar surface area (TPSA) is 180 Å². The van der Waals surface area contributed by atoms with Crippen LogP contribution in [0.15, 0.2) is 10.2 Å². The molecule has 326 valence electrons. The molecule has 0 heterocycles. The number of aliphatic carboxylic acids is 2. The van der Waals surface area contributed by atoms with Crippen LogP contribution < -0.4 is 0 Å². The van der Waals surface area contributed by atoms with Crippen molar-refractivity contribution in [2.75, 3.05) is 0 Å². The first-order valence-corrected chi connectivity index (χ1v) is 23.6. The number of carboxylic acid groups (broad SMARTS) is 2. The fourth-order valence-corrected chi connectivity index (χ4v) is 17.2. The standard InChI is InChI=1S/C48H76N2O8/c1-25(7-13-41(55)56)31-9-11-33-43-35(23-39(53)47(31,33)5)45(3)17-15-29(51)19-27(45)21-37(43)49-50-38-22-28-20-30(52)16-18-46(28,4)36-24-40(54)48(6)32(10-12-34(48)44(36)38)26(2)8-14-42(57)58/h25-36,39-40,43-44,51-54H,7-24H2,1-6H3,(H,55,56)(H,57,58)/b49-37+,50-38+/t25-,26-,27+,28+,29-,30-,31-,32-,33+,34+,35+,36+,39+,40+,43+,44+,45+,46+,47-,48-/m1/s1. The molecule has 0 aromatic heterocycles. The molecule has 0 aliphatic heterocycles. The molecule has 6 N–H and O–H groups in total. The molecular formula is C48H76N2O8. The van der Waals surface area contributed by atoms with E-state index < -0.39 is 24.1 Å². The first kappa shape index (κ1) is 42.8. The third kappa shape index (κ3) is 6.69. The normalized spacial score (nSPS) is 52.1. The summed E-state index contributed by atoms with van der Waals surface area (Å²) < 4.78 is 0. The molecule has 0 aromatic rings. The lowest BCUT2D eigenvalue weighted by Crippen LogP contribution is -2.61. The van der Waals surface area contributed by atoms with E-state index in [9.17, 15) is 40.2 Å². The molecule has 58 heavy (non-hydrogen) atoms. The molecule has 0 unspecified atom stereocenters. The highest BCUT2D eigenvalue weighted by atomic mass is 16.4. The van der Waals surface area contributed by atoms with Crippen LogP contribution in [0.2, 0.25) is 0 Å². The lowest BCUT2D eigenvalue weighted by molar-refractivity contribution is -0.148. The van der Waals surface area contributed by atoms with Crippen molar-refractivity contribution in [2.45, 2.75) is 182 Å². The number of carbonyl (C=O) groups is 2. The van der Waals surface area contributed by atoms with Gasteiger partial charge in [-0.25, -0.2) is 0 Å². The van der Waals surface area contributed by atoms with Crippen LogP contribution in [0.1, 0.15) is 157 Å². The second kappa shape index (κ2) is 15.5. The zero-order valence-corrected chi connectivity index (χ0v) is 36.4. The number of hydrogen-bond donors (Lipinski definition) is 6. The van der Waals surface area contributed by atoms with Gasteiger partial charge in [0.1, 0.15) is 0 Å². The van der Waals surface area contributed by atoms with Crippen molar-refractivity contribution in [3.8, 4) is 0 Å². The minimum Gasteiger partial charge on any atom is -0.481 e. The summed E-state index contributed by atoms with van der Waals surface area (Å²) in [6.45, 7) is 13.8.